The van der Waals surface area contributed by atoms with E-state index in [4.69, 9.17) is 33.2 Å². The monoisotopic (exact) mass is 1090 g/mol. The van der Waals surface area contributed by atoms with Crippen molar-refractivity contribution in [2.45, 2.75) is 162 Å². The first-order valence-corrected chi connectivity index (χ1v) is 26.2. The van der Waals surface area contributed by atoms with Crippen molar-refractivity contribution < 1.29 is 71.5 Å². The number of alkyl carbamates (subject to hydrolysis) is 2. The van der Waals surface area contributed by atoms with Crippen LogP contribution in [0.1, 0.15) is 126 Å². The number of nitrogens with zero attached hydrogens (tertiary/aromatic N) is 2. The van der Waals surface area contributed by atoms with Gasteiger partial charge < -0.3 is 64.2 Å². The minimum atomic E-state index is -1.46. The summed E-state index contributed by atoms with van der Waals surface area (Å²) in [6.07, 6.45) is -1.82. The number of hydrogen-bond acceptors (Lipinski definition) is 17. The Morgan fingerprint density at radius 1 is 0.724 bits per heavy atom. The molecule has 1 aliphatic heterocycles. The smallest absolute Gasteiger partial charge is 0.491 e. The largest absolute Gasteiger partial charge is 0.514 e. The number of ether oxygens (including phenoxy) is 7. The Hall–Kier alpha value is -6.49. The Morgan fingerprint density at radius 3 is 1.89 bits per heavy atom. The van der Waals surface area contributed by atoms with Crippen LogP contribution < -0.4 is 35.5 Å². The topological polar surface area (TPSA) is 268 Å². The zero-order valence-corrected chi connectivity index (χ0v) is 47.9. The summed E-state index contributed by atoms with van der Waals surface area (Å²) < 4.78 is 42.2. The number of amides is 6. The Morgan fingerprint density at radius 2 is 1.30 bits per heavy atom. The highest BCUT2D eigenvalue weighted by Gasteiger charge is 2.36. The molecular formula is C53H81N7O15S. The van der Waals surface area contributed by atoms with Crippen molar-refractivity contribution in [3.05, 3.63) is 47.5 Å². The Labute approximate surface area is 451 Å². The van der Waals surface area contributed by atoms with Crippen LogP contribution >= 0.6 is 11.9 Å². The molecule has 424 valence electrons. The van der Waals surface area contributed by atoms with E-state index in [2.05, 4.69) is 26.0 Å². The molecule has 0 spiro atoms. The highest BCUT2D eigenvalue weighted by molar-refractivity contribution is 7.97. The van der Waals surface area contributed by atoms with E-state index >= 15 is 4.79 Å². The molecule has 5 N–H and O–H groups in total. The predicted octanol–water partition coefficient (Wildman–Crippen LogP) is 6.96. The Bertz CT molecular complexity index is 2360. The number of carbonyl (C=O) groups is 8. The van der Waals surface area contributed by atoms with Crippen LogP contribution in [0.25, 0.3) is 11.1 Å². The van der Waals surface area contributed by atoms with Gasteiger partial charge in [-0.2, -0.15) is 0 Å². The van der Waals surface area contributed by atoms with Crippen molar-refractivity contribution in [1.29, 1.82) is 0 Å². The molecule has 0 unspecified atom stereocenters. The molecule has 2 aromatic rings. The molecule has 2 aromatic carbocycles. The number of benzene rings is 2. The number of likely N-dealkylation sites (N-methyl/N-ethyl adjacent to an activating group) is 1. The molecule has 0 aliphatic carbocycles. The van der Waals surface area contributed by atoms with E-state index in [1.54, 1.807) is 120 Å². The SMILES string of the molecule is COC(=O)[C@@H]1Cc2ccc(OC(=O)OC(C)(C)C)c(c2)-c2cc(ccc2OCCNC(=O)OC(C)(C)C)[C@H](N(C)C(=O)[C@H](CCCCNC(=O)OC(C)(C)C)NSCCN(C)C(=O)OC(C)(C)C)C(=O)N[C@@H](C)C(=O)N1. The minimum absolute atomic E-state index is 0.00116. The first-order chi connectivity index (χ1) is 35.2. The molecule has 6 amide bonds. The van der Waals surface area contributed by atoms with E-state index in [1.165, 1.54) is 48.9 Å². The molecule has 0 saturated heterocycles. The van der Waals surface area contributed by atoms with Gasteiger partial charge >= 0.3 is 30.4 Å². The number of esters is 1. The summed E-state index contributed by atoms with van der Waals surface area (Å²) in [4.78, 5) is 111. The van der Waals surface area contributed by atoms with Gasteiger partial charge in [0.1, 0.15) is 58.6 Å². The van der Waals surface area contributed by atoms with Gasteiger partial charge in [-0.05, 0) is 145 Å². The number of rotatable bonds is 18. The second kappa shape index (κ2) is 28.0. The molecule has 0 fully saturated rings. The van der Waals surface area contributed by atoms with Crippen molar-refractivity contribution in [2.75, 3.05) is 53.2 Å². The quantitative estimate of drug-likeness (QED) is 0.0332. The summed E-state index contributed by atoms with van der Waals surface area (Å²) >= 11 is 1.19. The number of carbonyl (C=O) groups excluding carboxylic acids is 8. The van der Waals surface area contributed by atoms with E-state index < -0.39 is 94.7 Å². The first kappa shape index (κ1) is 63.8. The maximum Gasteiger partial charge on any atom is 0.514 e. The van der Waals surface area contributed by atoms with Crippen molar-refractivity contribution in [2.24, 2.45) is 0 Å². The average Bonchev–Trinajstić information content (AvgIpc) is 3.28. The summed E-state index contributed by atoms with van der Waals surface area (Å²) in [5, 5.41) is 10.8. The van der Waals surface area contributed by atoms with Crippen LogP contribution in [0.5, 0.6) is 11.5 Å². The van der Waals surface area contributed by atoms with Crippen LogP contribution in [-0.2, 0) is 49.3 Å². The fourth-order valence-electron chi connectivity index (χ4n) is 7.18. The average molecular weight is 1090 g/mol. The summed E-state index contributed by atoms with van der Waals surface area (Å²) in [6, 6.07) is 4.54. The molecule has 4 bridgehead atoms. The summed E-state index contributed by atoms with van der Waals surface area (Å²) in [5.74, 6) is -2.32. The van der Waals surface area contributed by atoms with Gasteiger partial charge in [-0.1, -0.05) is 24.1 Å². The lowest BCUT2D eigenvalue weighted by atomic mass is 9.93. The Kier molecular flexibility index (Phi) is 23.5. The maximum absolute atomic E-state index is 15.0. The van der Waals surface area contributed by atoms with Crippen LogP contribution in [0.15, 0.2) is 36.4 Å². The lowest BCUT2D eigenvalue weighted by Gasteiger charge is -2.32. The van der Waals surface area contributed by atoms with Crippen LogP contribution in [0.4, 0.5) is 19.2 Å². The fraction of sp³-hybridized carbons (Fsp3) is 0.623. The zero-order chi connectivity index (χ0) is 57.3. The van der Waals surface area contributed by atoms with Crippen molar-refractivity contribution >= 4 is 60.1 Å². The molecule has 3 rings (SSSR count). The number of fused-ring (bicyclic) bond motifs is 5. The standard InChI is InChI=1S/C53H81N7O15S/c1-32-42(61)57-38(45(64)69-16)30-33-20-22-40(71-49(68)75-53(11,12)13)35(29-33)36-31-34(21-23-39(36)70-27-25-55-47(66)73-51(5,6)7)41(43(62)56-32)60(15)44(63)37(19-17-18-24-54-46(65)72-50(2,3)4)58-76-28-26-59(14)48(67)74-52(8,9)10/h20-23,29,31-32,37-38,41,58H,17-19,24-28,30H2,1-16H3,(H,54,65)(H,55,66)(H,56,62)(H,57,61)/t32-,37-,38-,41-/m0/s1. The third kappa shape index (κ3) is 22.4. The highest BCUT2D eigenvalue weighted by atomic mass is 32.2. The molecule has 0 aromatic heterocycles. The fourth-order valence-corrected chi connectivity index (χ4v) is 8.08. The van der Waals surface area contributed by atoms with Crippen LogP contribution in [0, 0.1) is 0 Å². The maximum atomic E-state index is 15.0. The second-order valence-corrected chi connectivity index (χ2v) is 23.1. The van der Waals surface area contributed by atoms with Gasteiger partial charge in [-0.25, -0.2) is 24.0 Å². The lowest BCUT2D eigenvalue weighted by Crippen LogP contribution is -2.54. The van der Waals surface area contributed by atoms with Gasteiger partial charge in [0.15, 0.2) is 0 Å². The van der Waals surface area contributed by atoms with E-state index in [1.807, 2.05) is 0 Å². The van der Waals surface area contributed by atoms with E-state index in [-0.39, 0.29) is 67.3 Å². The lowest BCUT2D eigenvalue weighted by molar-refractivity contribution is -0.145. The number of nitrogens with one attached hydrogen (secondary N) is 5. The zero-order valence-electron chi connectivity index (χ0n) is 47.1. The van der Waals surface area contributed by atoms with Crippen molar-refractivity contribution in [1.82, 2.24) is 35.8 Å². The number of methoxy groups -OCH3 is 1. The molecule has 1 heterocycles. The first-order valence-electron chi connectivity index (χ1n) is 25.2. The van der Waals surface area contributed by atoms with Crippen LogP contribution in [0.3, 0.4) is 0 Å². The summed E-state index contributed by atoms with van der Waals surface area (Å²) in [5.41, 5.74) is -1.92. The number of hydrogen-bond donors (Lipinski definition) is 5. The summed E-state index contributed by atoms with van der Waals surface area (Å²) in [7, 11) is 4.21. The predicted molar refractivity (Wildman–Crippen MR) is 286 cm³/mol. The van der Waals surface area contributed by atoms with Crippen LogP contribution in [-0.4, -0.2) is 152 Å². The number of unbranched alkanes of at least 4 members (excludes halogenated alkanes) is 1. The molecular weight excluding hydrogens is 1010 g/mol. The molecule has 22 nitrogen and oxygen atoms in total. The van der Waals surface area contributed by atoms with E-state index in [0.717, 1.165) is 0 Å². The van der Waals surface area contributed by atoms with Gasteiger partial charge in [0.2, 0.25) is 17.7 Å². The highest BCUT2D eigenvalue weighted by Crippen LogP contribution is 2.40. The van der Waals surface area contributed by atoms with Gasteiger partial charge in [0, 0.05) is 50.5 Å². The van der Waals surface area contributed by atoms with Crippen molar-refractivity contribution in [3.8, 4) is 22.6 Å². The van der Waals surface area contributed by atoms with Crippen LogP contribution in [0.2, 0.25) is 0 Å². The molecule has 76 heavy (non-hydrogen) atoms. The van der Waals surface area contributed by atoms with E-state index in [9.17, 15) is 33.6 Å². The van der Waals surface area contributed by atoms with Crippen molar-refractivity contribution in [3.63, 3.8) is 0 Å². The second-order valence-electron chi connectivity index (χ2n) is 22.1. The van der Waals surface area contributed by atoms with Gasteiger partial charge in [0.25, 0.3) is 0 Å². The van der Waals surface area contributed by atoms with Gasteiger partial charge in [0.05, 0.1) is 19.7 Å². The molecule has 23 heteroatoms. The van der Waals surface area contributed by atoms with Gasteiger partial charge in [-0.3, -0.25) is 19.1 Å². The molecule has 4 atom stereocenters. The minimum Gasteiger partial charge on any atom is -0.491 e. The third-order valence-corrected chi connectivity index (χ3v) is 11.4. The molecule has 0 saturated carbocycles. The normalized spacial score (nSPS) is 16.5. The summed E-state index contributed by atoms with van der Waals surface area (Å²) in [6.45, 7) is 22.6. The molecule has 0 radical (unpaired) electrons. The molecule has 1 aliphatic rings. The third-order valence-electron chi connectivity index (χ3n) is 10.6. The van der Waals surface area contributed by atoms with Gasteiger partial charge in [-0.15, -0.1) is 0 Å². The Balaban J connectivity index is 2.22. The van der Waals surface area contributed by atoms with E-state index in [0.29, 0.717) is 24.2 Å².